The first-order valence-corrected chi connectivity index (χ1v) is 14.4. The lowest BCUT2D eigenvalue weighted by molar-refractivity contribution is -0.168. The summed E-state index contributed by atoms with van der Waals surface area (Å²) in [5.74, 6) is -0.207. The number of para-hydroxylation sites is 1. The van der Waals surface area contributed by atoms with Gasteiger partial charge in [0.25, 0.3) is 0 Å². The van der Waals surface area contributed by atoms with Crippen LogP contribution in [0.2, 0.25) is 0 Å². The van der Waals surface area contributed by atoms with E-state index in [9.17, 15) is 9.59 Å². The highest BCUT2D eigenvalue weighted by Gasteiger charge is 2.46. The molecule has 4 heteroatoms. The fourth-order valence-corrected chi connectivity index (χ4v) is 4.58. The highest BCUT2D eigenvalue weighted by molar-refractivity contribution is 6.00. The van der Waals surface area contributed by atoms with Crippen LogP contribution in [0, 0.1) is 5.41 Å². The number of ether oxygens (including phenoxy) is 2. The van der Waals surface area contributed by atoms with Gasteiger partial charge in [-0.3, -0.25) is 9.59 Å². The summed E-state index contributed by atoms with van der Waals surface area (Å²) in [6, 6.07) is 7.53. The third-order valence-corrected chi connectivity index (χ3v) is 7.21. The topological polar surface area (TPSA) is 52.6 Å². The molecule has 4 nitrogen and oxygen atoms in total. The van der Waals surface area contributed by atoms with Crippen LogP contribution < -0.4 is 4.74 Å². The lowest BCUT2D eigenvalue weighted by Gasteiger charge is -2.27. The van der Waals surface area contributed by atoms with Crippen LogP contribution in [0.1, 0.15) is 142 Å². The standard InChI is InChI=1S/C31H52O4/c1-6-9-10-11-12-13-14-15-16-17-18-19-22-25-34-29(32)31(7-2,8-3)30(33)35-28-24-21-20-23-27(28)26(4)5/h20-21,23-24,26H,6-19,22,25H2,1-5H3. The van der Waals surface area contributed by atoms with Gasteiger partial charge >= 0.3 is 11.9 Å². The van der Waals surface area contributed by atoms with Crippen molar-refractivity contribution in [3.8, 4) is 5.75 Å². The molecule has 0 amide bonds. The Kier molecular flexibility index (Phi) is 16.4. The Morgan fingerprint density at radius 1 is 0.714 bits per heavy atom. The van der Waals surface area contributed by atoms with E-state index in [1.165, 1.54) is 70.6 Å². The summed E-state index contributed by atoms with van der Waals surface area (Å²) in [5, 5.41) is 0. The number of hydrogen-bond acceptors (Lipinski definition) is 4. The maximum absolute atomic E-state index is 13.1. The number of unbranched alkanes of at least 4 members (excludes halogenated alkanes) is 12. The second-order valence-corrected chi connectivity index (χ2v) is 10.2. The quantitative estimate of drug-likeness (QED) is 0.0794. The molecule has 200 valence electrons. The van der Waals surface area contributed by atoms with Gasteiger partial charge in [0, 0.05) is 0 Å². The van der Waals surface area contributed by atoms with E-state index in [1.807, 2.05) is 32.0 Å². The molecule has 35 heavy (non-hydrogen) atoms. The average Bonchev–Trinajstić information content (AvgIpc) is 2.85. The molecular formula is C31H52O4. The molecule has 0 saturated heterocycles. The Balaban J connectivity index is 2.32. The van der Waals surface area contributed by atoms with Crippen molar-refractivity contribution in [3.63, 3.8) is 0 Å². The predicted octanol–water partition coefficient (Wildman–Crippen LogP) is 9.16. The van der Waals surface area contributed by atoms with Crippen molar-refractivity contribution in [3.05, 3.63) is 29.8 Å². The zero-order valence-electron chi connectivity index (χ0n) is 23.3. The highest BCUT2D eigenvalue weighted by Crippen LogP contribution is 2.33. The fraction of sp³-hybridized carbons (Fsp3) is 0.742. The predicted molar refractivity (Wildman–Crippen MR) is 146 cm³/mol. The molecule has 0 spiro atoms. The summed E-state index contributed by atoms with van der Waals surface area (Å²) >= 11 is 0. The molecule has 0 aromatic heterocycles. The molecule has 0 fully saturated rings. The van der Waals surface area contributed by atoms with Gasteiger partial charge in [-0.25, -0.2) is 0 Å². The SMILES string of the molecule is CCCCCCCCCCCCCCCOC(=O)C(CC)(CC)C(=O)Oc1ccccc1C(C)C. The minimum absolute atomic E-state index is 0.221. The van der Waals surface area contributed by atoms with E-state index in [4.69, 9.17) is 9.47 Å². The Hall–Kier alpha value is -1.84. The molecule has 0 N–H and O–H groups in total. The monoisotopic (exact) mass is 488 g/mol. The van der Waals surface area contributed by atoms with E-state index < -0.39 is 17.4 Å². The van der Waals surface area contributed by atoms with E-state index >= 15 is 0 Å². The molecule has 0 saturated carbocycles. The van der Waals surface area contributed by atoms with Crippen LogP contribution in [-0.2, 0) is 14.3 Å². The normalized spacial score (nSPS) is 11.6. The first kappa shape index (κ1) is 31.2. The number of benzene rings is 1. The number of esters is 2. The van der Waals surface area contributed by atoms with Gasteiger partial charge in [-0.2, -0.15) is 0 Å². The molecule has 0 unspecified atom stereocenters. The minimum atomic E-state index is -1.25. The number of carbonyl (C=O) groups is 2. The van der Waals surface area contributed by atoms with Crippen molar-refractivity contribution in [2.24, 2.45) is 5.41 Å². The summed E-state index contributed by atoms with van der Waals surface area (Å²) in [6.45, 7) is 10.5. The van der Waals surface area contributed by atoms with Gasteiger partial charge in [-0.15, -0.1) is 0 Å². The van der Waals surface area contributed by atoms with Crippen LogP contribution in [0.25, 0.3) is 0 Å². The lowest BCUT2D eigenvalue weighted by atomic mass is 9.82. The van der Waals surface area contributed by atoms with E-state index in [1.54, 1.807) is 6.07 Å². The van der Waals surface area contributed by atoms with E-state index in [0.717, 1.165) is 18.4 Å². The zero-order chi connectivity index (χ0) is 25.9. The minimum Gasteiger partial charge on any atom is -0.465 e. The Labute approximate surface area is 215 Å². The van der Waals surface area contributed by atoms with Crippen LogP contribution in [0.3, 0.4) is 0 Å². The van der Waals surface area contributed by atoms with Gasteiger partial charge in [-0.1, -0.05) is 130 Å². The van der Waals surface area contributed by atoms with Crippen LogP contribution in [0.15, 0.2) is 24.3 Å². The van der Waals surface area contributed by atoms with Crippen molar-refractivity contribution in [1.29, 1.82) is 0 Å². The number of hydrogen-bond donors (Lipinski definition) is 0. The second-order valence-electron chi connectivity index (χ2n) is 10.2. The first-order valence-electron chi connectivity index (χ1n) is 14.4. The summed E-state index contributed by atoms with van der Waals surface area (Å²) in [4.78, 5) is 26.1. The summed E-state index contributed by atoms with van der Waals surface area (Å²) in [6.07, 6.45) is 17.3. The number of carbonyl (C=O) groups excluding carboxylic acids is 2. The van der Waals surface area contributed by atoms with Gasteiger partial charge < -0.3 is 9.47 Å². The maximum Gasteiger partial charge on any atom is 0.328 e. The van der Waals surface area contributed by atoms with Crippen LogP contribution >= 0.6 is 0 Å². The highest BCUT2D eigenvalue weighted by atomic mass is 16.6. The van der Waals surface area contributed by atoms with Gasteiger partial charge in [-0.05, 0) is 36.8 Å². The average molecular weight is 489 g/mol. The van der Waals surface area contributed by atoms with Gasteiger partial charge in [0.2, 0.25) is 0 Å². The van der Waals surface area contributed by atoms with Crippen molar-refractivity contribution >= 4 is 11.9 Å². The molecule has 0 bridgehead atoms. The molecule has 0 heterocycles. The molecule has 0 radical (unpaired) electrons. The second kappa shape index (κ2) is 18.4. The third kappa shape index (κ3) is 11.2. The third-order valence-electron chi connectivity index (χ3n) is 7.21. The first-order chi connectivity index (χ1) is 16.9. The van der Waals surface area contributed by atoms with Crippen LogP contribution in [0.5, 0.6) is 5.75 Å². The zero-order valence-corrected chi connectivity index (χ0v) is 23.3. The van der Waals surface area contributed by atoms with Crippen molar-refractivity contribution < 1.29 is 19.1 Å². The van der Waals surface area contributed by atoms with E-state index in [-0.39, 0.29) is 5.92 Å². The summed E-state index contributed by atoms with van der Waals surface area (Å²) < 4.78 is 11.3. The molecule has 0 atom stereocenters. The smallest absolute Gasteiger partial charge is 0.328 e. The Morgan fingerprint density at radius 3 is 1.69 bits per heavy atom. The van der Waals surface area contributed by atoms with Gasteiger partial charge in [0.15, 0.2) is 5.41 Å². The fourth-order valence-electron chi connectivity index (χ4n) is 4.58. The summed E-state index contributed by atoms with van der Waals surface area (Å²) in [5.41, 5.74) is -0.289. The molecule has 0 aliphatic rings. The lowest BCUT2D eigenvalue weighted by Crippen LogP contribution is -2.42. The molecule has 1 aromatic carbocycles. The van der Waals surface area contributed by atoms with Gasteiger partial charge in [0.1, 0.15) is 5.75 Å². The van der Waals surface area contributed by atoms with Crippen molar-refractivity contribution in [1.82, 2.24) is 0 Å². The van der Waals surface area contributed by atoms with Gasteiger partial charge in [0.05, 0.1) is 6.61 Å². The number of rotatable bonds is 20. The largest absolute Gasteiger partial charge is 0.465 e. The van der Waals surface area contributed by atoms with E-state index in [2.05, 4.69) is 20.8 Å². The Morgan fingerprint density at radius 2 is 1.20 bits per heavy atom. The molecule has 0 aliphatic carbocycles. The summed E-state index contributed by atoms with van der Waals surface area (Å²) in [7, 11) is 0. The van der Waals surface area contributed by atoms with Crippen LogP contribution in [-0.4, -0.2) is 18.5 Å². The van der Waals surface area contributed by atoms with E-state index in [0.29, 0.717) is 25.2 Å². The molecular weight excluding hydrogens is 436 g/mol. The van der Waals surface area contributed by atoms with Crippen molar-refractivity contribution in [2.75, 3.05) is 6.61 Å². The molecule has 0 aliphatic heterocycles. The Bertz CT molecular complexity index is 706. The molecule has 1 aromatic rings. The van der Waals surface area contributed by atoms with Crippen molar-refractivity contribution in [2.45, 2.75) is 137 Å². The molecule has 1 rings (SSSR count). The maximum atomic E-state index is 13.1. The van der Waals surface area contributed by atoms with Crippen LogP contribution in [0.4, 0.5) is 0 Å².